The van der Waals surface area contributed by atoms with Gasteiger partial charge in [-0.1, -0.05) is 24.3 Å². The molecule has 1 aromatic heterocycles. The molecular weight excluding hydrogens is 408 g/mol. The summed E-state index contributed by atoms with van der Waals surface area (Å²) in [7, 11) is 1.35. The lowest BCUT2D eigenvalue weighted by Gasteiger charge is -2.18. The molecule has 3 rings (SSSR count). The third kappa shape index (κ3) is 5.71. The summed E-state index contributed by atoms with van der Waals surface area (Å²) in [6, 6.07) is 11.4. The first-order valence-electron chi connectivity index (χ1n) is 9.59. The predicted molar refractivity (Wildman–Crippen MR) is 111 cm³/mol. The van der Waals surface area contributed by atoms with Gasteiger partial charge in [0, 0.05) is 37.0 Å². The molecule has 0 fully saturated rings. The Hall–Kier alpha value is -3.62. The second kappa shape index (κ2) is 9.92. The number of hydrogen-bond acceptors (Lipinski definition) is 4. The number of methoxy groups -OCH3 is 1. The molecule has 0 aliphatic heterocycles. The van der Waals surface area contributed by atoms with Crippen molar-refractivity contribution >= 4 is 22.7 Å². The average molecular weight is 431 g/mol. The summed E-state index contributed by atoms with van der Waals surface area (Å²) in [6.07, 6.45) is 2.10. The van der Waals surface area contributed by atoms with Gasteiger partial charge in [0.05, 0.1) is 7.11 Å². The monoisotopic (exact) mass is 431 g/mol. The minimum atomic E-state index is -3.00. The van der Waals surface area contributed by atoms with Crippen molar-refractivity contribution in [3.05, 3.63) is 59.8 Å². The highest BCUT2D eigenvalue weighted by Crippen LogP contribution is 2.29. The number of ether oxygens (including phenoxy) is 2. The average Bonchev–Trinajstić information content (AvgIpc) is 3.14. The number of hydrogen-bond donors (Lipinski definition) is 3. The Kier molecular flexibility index (Phi) is 7.07. The number of aromatic nitrogens is 1. The first kappa shape index (κ1) is 22.1. The van der Waals surface area contributed by atoms with Gasteiger partial charge < -0.3 is 25.1 Å². The molecule has 0 radical (unpaired) electrons. The van der Waals surface area contributed by atoms with Crippen LogP contribution in [-0.2, 0) is 22.6 Å². The molecule has 0 aliphatic rings. The van der Waals surface area contributed by atoms with Crippen molar-refractivity contribution in [3.8, 4) is 11.5 Å². The minimum absolute atomic E-state index is 0.0619. The van der Waals surface area contributed by atoms with Crippen molar-refractivity contribution in [2.75, 3.05) is 7.11 Å². The molecular formula is C22H23F2N3O4. The number of nitrogens with one attached hydrogen (secondary N) is 3. The van der Waals surface area contributed by atoms with Crippen molar-refractivity contribution < 1.29 is 27.8 Å². The fraction of sp³-hybridized carbons (Fsp3) is 0.273. The maximum Gasteiger partial charge on any atom is 0.387 e. The summed E-state index contributed by atoms with van der Waals surface area (Å²) >= 11 is 0. The van der Waals surface area contributed by atoms with E-state index in [9.17, 15) is 18.4 Å². The number of carbonyl (C=O) groups is 2. The Morgan fingerprint density at radius 2 is 1.90 bits per heavy atom. The molecule has 9 heteroatoms. The van der Waals surface area contributed by atoms with Gasteiger partial charge in [0.15, 0.2) is 11.5 Å². The summed E-state index contributed by atoms with van der Waals surface area (Å²) in [4.78, 5) is 27.6. The largest absolute Gasteiger partial charge is 0.493 e. The van der Waals surface area contributed by atoms with Gasteiger partial charge in [0.1, 0.15) is 6.04 Å². The summed E-state index contributed by atoms with van der Waals surface area (Å²) in [5.41, 5.74) is 2.37. The number of para-hydroxylation sites is 1. The number of benzene rings is 2. The number of alkyl halides is 2. The third-order valence-corrected chi connectivity index (χ3v) is 4.70. The van der Waals surface area contributed by atoms with Crippen LogP contribution in [0.25, 0.3) is 10.9 Å². The van der Waals surface area contributed by atoms with Crippen molar-refractivity contribution in [1.29, 1.82) is 0 Å². The van der Waals surface area contributed by atoms with Gasteiger partial charge in [-0.15, -0.1) is 0 Å². The van der Waals surface area contributed by atoms with Crippen molar-refractivity contribution in [2.45, 2.75) is 32.5 Å². The van der Waals surface area contributed by atoms with Crippen LogP contribution >= 0.6 is 0 Å². The Labute approximate surface area is 177 Å². The maximum atomic E-state index is 12.8. The van der Waals surface area contributed by atoms with E-state index in [-0.39, 0.29) is 30.4 Å². The van der Waals surface area contributed by atoms with E-state index >= 15 is 0 Å². The van der Waals surface area contributed by atoms with Gasteiger partial charge in [-0.3, -0.25) is 9.59 Å². The molecule has 1 heterocycles. The van der Waals surface area contributed by atoms with Crippen LogP contribution in [0.2, 0.25) is 0 Å². The van der Waals surface area contributed by atoms with Crippen LogP contribution in [0.5, 0.6) is 11.5 Å². The number of amides is 2. The van der Waals surface area contributed by atoms with Crippen LogP contribution in [0.15, 0.2) is 48.7 Å². The highest BCUT2D eigenvalue weighted by Gasteiger charge is 2.21. The molecule has 0 saturated heterocycles. The van der Waals surface area contributed by atoms with E-state index in [1.807, 2.05) is 30.5 Å². The molecule has 7 nitrogen and oxygen atoms in total. The quantitative estimate of drug-likeness (QED) is 0.485. The van der Waals surface area contributed by atoms with Crippen molar-refractivity contribution in [3.63, 3.8) is 0 Å². The smallest absolute Gasteiger partial charge is 0.387 e. The van der Waals surface area contributed by atoms with E-state index in [0.29, 0.717) is 5.56 Å². The number of aromatic amines is 1. The highest BCUT2D eigenvalue weighted by molar-refractivity contribution is 5.89. The molecule has 0 spiro atoms. The lowest BCUT2D eigenvalue weighted by molar-refractivity contribution is -0.128. The van der Waals surface area contributed by atoms with E-state index < -0.39 is 18.6 Å². The van der Waals surface area contributed by atoms with E-state index in [2.05, 4.69) is 20.4 Å². The van der Waals surface area contributed by atoms with E-state index in [0.717, 1.165) is 16.5 Å². The number of halogens is 2. The lowest BCUT2D eigenvalue weighted by Crippen LogP contribution is -2.47. The van der Waals surface area contributed by atoms with E-state index in [1.54, 1.807) is 6.07 Å². The molecule has 2 amide bonds. The number of H-pyrrole nitrogens is 1. The predicted octanol–water partition coefficient (Wildman–Crippen LogP) is 3.14. The molecule has 2 aromatic carbocycles. The summed E-state index contributed by atoms with van der Waals surface area (Å²) in [5.74, 6) is -0.697. The zero-order valence-electron chi connectivity index (χ0n) is 17.1. The molecule has 0 saturated carbocycles. The molecule has 0 aliphatic carbocycles. The van der Waals surface area contributed by atoms with Gasteiger partial charge in [-0.2, -0.15) is 8.78 Å². The molecule has 1 unspecified atom stereocenters. The first-order valence-corrected chi connectivity index (χ1v) is 9.59. The van der Waals surface area contributed by atoms with Crippen LogP contribution in [-0.4, -0.2) is 36.6 Å². The number of carbonyl (C=O) groups excluding carboxylic acids is 2. The molecule has 164 valence electrons. The Morgan fingerprint density at radius 1 is 1.13 bits per heavy atom. The van der Waals surface area contributed by atoms with Gasteiger partial charge >= 0.3 is 6.61 Å². The van der Waals surface area contributed by atoms with Crippen LogP contribution < -0.4 is 20.1 Å². The van der Waals surface area contributed by atoms with Crippen LogP contribution in [0.4, 0.5) is 8.78 Å². The standard InChI is InChI=1S/C22H23F2N3O4/c1-13(28)27-18(10-15-12-25-17-6-4-3-5-16(15)17)21(29)26-11-14-7-8-19(30-2)20(9-14)31-22(23)24/h3-9,12,18,22,25H,10-11H2,1-2H3,(H,26,29)(H,27,28). The zero-order valence-corrected chi connectivity index (χ0v) is 17.1. The van der Waals surface area contributed by atoms with Gasteiger partial charge in [-0.05, 0) is 29.3 Å². The fourth-order valence-electron chi connectivity index (χ4n) is 3.31. The maximum absolute atomic E-state index is 12.8. The molecule has 0 bridgehead atoms. The Morgan fingerprint density at radius 3 is 2.61 bits per heavy atom. The van der Waals surface area contributed by atoms with E-state index in [1.165, 1.54) is 26.2 Å². The molecule has 1 atom stereocenters. The van der Waals surface area contributed by atoms with Crippen LogP contribution in [0.1, 0.15) is 18.1 Å². The van der Waals surface area contributed by atoms with Crippen molar-refractivity contribution in [2.24, 2.45) is 0 Å². The molecule has 31 heavy (non-hydrogen) atoms. The number of fused-ring (bicyclic) bond motifs is 1. The topological polar surface area (TPSA) is 92.5 Å². The van der Waals surface area contributed by atoms with Gasteiger partial charge in [0.2, 0.25) is 11.8 Å². The molecule has 3 aromatic rings. The normalized spacial score (nSPS) is 11.9. The Balaban J connectivity index is 1.72. The van der Waals surface area contributed by atoms with Crippen LogP contribution in [0, 0.1) is 0 Å². The zero-order chi connectivity index (χ0) is 22.4. The van der Waals surface area contributed by atoms with Crippen LogP contribution in [0.3, 0.4) is 0 Å². The van der Waals surface area contributed by atoms with Crippen molar-refractivity contribution in [1.82, 2.24) is 15.6 Å². The molecule has 3 N–H and O–H groups in total. The highest BCUT2D eigenvalue weighted by atomic mass is 19.3. The summed E-state index contributed by atoms with van der Waals surface area (Å²) in [5, 5.41) is 6.37. The van der Waals surface area contributed by atoms with E-state index in [4.69, 9.17) is 4.74 Å². The fourth-order valence-corrected chi connectivity index (χ4v) is 3.31. The Bertz CT molecular complexity index is 1070. The SMILES string of the molecule is COc1ccc(CNC(=O)C(Cc2c[nH]c3ccccc23)NC(C)=O)cc1OC(F)F. The summed E-state index contributed by atoms with van der Waals surface area (Å²) < 4.78 is 34.7. The van der Waals surface area contributed by atoms with Gasteiger partial charge in [-0.25, -0.2) is 0 Å². The second-order valence-corrected chi connectivity index (χ2v) is 6.90. The van der Waals surface area contributed by atoms with Gasteiger partial charge in [0.25, 0.3) is 0 Å². The third-order valence-electron chi connectivity index (χ3n) is 4.70. The lowest BCUT2D eigenvalue weighted by atomic mass is 10.0. The summed E-state index contributed by atoms with van der Waals surface area (Å²) in [6.45, 7) is -1.60. The number of rotatable bonds is 9. The minimum Gasteiger partial charge on any atom is -0.493 e. The second-order valence-electron chi connectivity index (χ2n) is 6.90. The first-order chi connectivity index (χ1) is 14.9.